The SMILES string of the molecule is COc1ccc2c(c1)nc(-c1ccc3c(c1)OCCO3)n2-c1ccnc(N[C@H]2CCCN(C(=O)C3CC3)C2)n1.COc1ccc2c(c1)nc(-c1ccc3c(c1)OCCO3)n2-c1ccnc(N[C@H]2CCCNC2)n1.O=C(Cl)C1CC1. The molecule has 0 unspecified atom stereocenters. The first-order valence-electron chi connectivity index (χ1n) is 27.1. The Bertz CT molecular complexity index is 3520. The van der Waals surface area contributed by atoms with E-state index in [0.717, 1.165) is 150 Å². The van der Waals surface area contributed by atoms with Crippen LogP contribution in [0.3, 0.4) is 0 Å². The van der Waals surface area contributed by atoms with Crippen molar-refractivity contribution in [1.29, 1.82) is 0 Å². The molecular formula is C58H61ClN12O8. The van der Waals surface area contributed by atoms with Crippen LogP contribution >= 0.6 is 11.6 Å². The van der Waals surface area contributed by atoms with Gasteiger partial charge >= 0.3 is 0 Å². The van der Waals surface area contributed by atoms with Crippen LogP contribution in [-0.2, 0) is 9.59 Å². The van der Waals surface area contributed by atoms with Crippen molar-refractivity contribution in [1.82, 2.24) is 49.3 Å². The van der Waals surface area contributed by atoms with Gasteiger partial charge in [-0.3, -0.25) is 18.7 Å². The zero-order valence-corrected chi connectivity index (χ0v) is 44.8. The number of nitrogens with one attached hydrogen (secondary N) is 3. The molecule has 2 atom stereocenters. The van der Waals surface area contributed by atoms with Crippen LogP contribution in [0, 0.1) is 11.8 Å². The molecule has 0 spiro atoms. The highest BCUT2D eigenvalue weighted by Crippen LogP contribution is 2.39. The van der Waals surface area contributed by atoms with Crippen LogP contribution in [0.15, 0.2) is 97.3 Å². The molecule has 4 aromatic carbocycles. The van der Waals surface area contributed by atoms with E-state index in [4.69, 9.17) is 60.0 Å². The van der Waals surface area contributed by atoms with Gasteiger partial charge in [-0.1, -0.05) is 0 Å². The van der Waals surface area contributed by atoms with Crippen LogP contribution in [0.5, 0.6) is 34.5 Å². The molecule has 4 aliphatic heterocycles. The van der Waals surface area contributed by atoms with Crippen molar-refractivity contribution in [3.05, 3.63) is 97.3 Å². The highest BCUT2D eigenvalue weighted by Gasteiger charge is 2.36. The molecule has 1 amide bonds. The fourth-order valence-electron chi connectivity index (χ4n) is 10.2. The molecule has 79 heavy (non-hydrogen) atoms. The first-order chi connectivity index (χ1) is 38.7. The van der Waals surface area contributed by atoms with E-state index in [1.165, 1.54) is 0 Å². The van der Waals surface area contributed by atoms with Crippen molar-refractivity contribution in [2.75, 3.05) is 77.5 Å². The number of aromatic nitrogens is 8. The third kappa shape index (κ3) is 11.7. The number of imidazole rings is 2. The van der Waals surface area contributed by atoms with Crippen molar-refractivity contribution in [3.8, 4) is 68.9 Å². The highest BCUT2D eigenvalue weighted by atomic mass is 35.5. The number of halogens is 1. The molecule has 4 aromatic heterocycles. The minimum atomic E-state index is -0.157. The average molecular weight is 1090 g/mol. The number of benzene rings is 4. The molecular weight excluding hydrogens is 1030 g/mol. The maximum absolute atomic E-state index is 12.6. The van der Waals surface area contributed by atoms with Crippen LogP contribution in [0.25, 0.3) is 56.5 Å². The van der Waals surface area contributed by atoms with E-state index in [0.29, 0.717) is 68.4 Å². The number of methoxy groups -OCH3 is 2. The second-order valence-electron chi connectivity index (χ2n) is 20.3. The predicted octanol–water partition coefficient (Wildman–Crippen LogP) is 8.66. The second kappa shape index (κ2) is 23.0. The summed E-state index contributed by atoms with van der Waals surface area (Å²) < 4.78 is 38.1. The summed E-state index contributed by atoms with van der Waals surface area (Å²) in [6, 6.07) is 27.6. The lowest BCUT2D eigenvalue weighted by Crippen LogP contribution is -2.45. The summed E-state index contributed by atoms with van der Waals surface area (Å²) in [4.78, 5) is 53.3. The van der Waals surface area contributed by atoms with Crippen LogP contribution in [0.2, 0.25) is 0 Å². The fourth-order valence-corrected chi connectivity index (χ4v) is 10.4. The minimum Gasteiger partial charge on any atom is -0.497 e. The van der Waals surface area contributed by atoms with Gasteiger partial charge in [0.15, 0.2) is 23.0 Å². The molecule has 2 aliphatic carbocycles. The number of fused-ring (bicyclic) bond motifs is 4. The minimum absolute atomic E-state index is 0.109. The van der Waals surface area contributed by atoms with Gasteiger partial charge in [-0.2, -0.15) is 9.97 Å². The van der Waals surface area contributed by atoms with Gasteiger partial charge < -0.3 is 49.3 Å². The topological polar surface area (TPSA) is 216 Å². The third-order valence-corrected chi connectivity index (χ3v) is 14.9. The Labute approximate surface area is 461 Å². The number of amides is 1. The number of anilines is 2. The Morgan fingerprint density at radius 2 is 1.11 bits per heavy atom. The van der Waals surface area contributed by atoms with Gasteiger partial charge in [0.2, 0.25) is 23.0 Å². The van der Waals surface area contributed by atoms with Gasteiger partial charge in [0.25, 0.3) is 0 Å². The summed E-state index contributed by atoms with van der Waals surface area (Å²) in [5.74, 6) is 9.15. The smallest absolute Gasteiger partial charge is 0.225 e. The molecule has 6 aliphatic rings. The van der Waals surface area contributed by atoms with E-state index in [9.17, 15) is 9.59 Å². The van der Waals surface area contributed by atoms with Gasteiger partial charge in [-0.25, -0.2) is 19.9 Å². The summed E-state index contributed by atoms with van der Waals surface area (Å²) in [6.07, 6.45) is 11.8. The highest BCUT2D eigenvalue weighted by molar-refractivity contribution is 6.64. The van der Waals surface area contributed by atoms with E-state index in [1.54, 1.807) is 26.6 Å². The van der Waals surface area contributed by atoms with Gasteiger partial charge in [-0.15, -0.1) is 0 Å². The second-order valence-corrected chi connectivity index (χ2v) is 20.6. The maximum atomic E-state index is 12.6. The van der Waals surface area contributed by atoms with Gasteiger partial charge in [0.1, 0.15) is 61.2 Å². The van der Waals surface area contributed by atoms with Crippen LogP contribution < -0.4 is 44.4 Å². The van der Waals surface area contributed by atoms with Gasteiger partial charge in [0, 0.05) is 79.2 Å². The lowest BCUT2D eigenvalue weighted by atomic mass is 10.1. The van der Waals surface area contributed by atoms with E-state index >= 15 is 0 Å². The molecule has 8 aromatic rings. The van der Waals surface area contributed by atoms with Crippen molar-refractivity contribution in [2.45, 2.75) is 63.5 Å². The summed E-state index contributed by atoms with van der Waals surface area (Å²) in [7, 11) is 3.30. The Hall–Kier alpha value is -8.23. The van der Waals surface area contributed by atoms with Crippen LogP contribution in [0.1, 0.15) is 51.4 Å². The van der Waals surface area contributed by atoms with E-state index < -0.39 is 0 Å². The standard InChI is InChI=1S/C29H30N6O4.C25H26N6O3.C4H5ClO/c1-37-21-7-8-23-22(16-21)32-27(19-6-9-24-25(15-19)39-14-13-38-24)35(23)26-10-11-30-29(33-26)31-20-3-2-12-34(17-20)28(36)18-4-5-18;1-32-18-5-6-20-19(14-18)29-24(16-4-7-21-22(13-16)34-12-11-33-21)31(20)23-8-10-27-25(30-23)28-17-3-2-9-26-15-17;5-4(6)3-1-2-3/h6-11,15-16,18,20H,2-5,12-14,17H2,1H3,(H,30,31,33);4-8,10,13-14,17,26H,2-3,9,11-12,15H2,1H3,(H,27,28,30);3H,1-2H2/t20-;17-;/m00./s1. The first kappa shape index (κ1) is 51.5. The Balaban J connectivity index is 0.000000144. The fraction of sp³-hybridized carbons (Fsp3) is 0.379. The number of ether oxygens (including phenoxy) is 6. The molecule has 20 nitrogen and oxygen atoms in total. The zero-order chi connectivity index (χ0) is 53.8. The van der Waals surface area contributed by atoms with Crippen molar-refractivity contribution in [3.63, 3.8) is 0 Å². The quantitative estimate of drug-likeness (QED) is 0.0976. The number of likely N-dealkylation sites (tertiary alicyclic amines) is 1. The molecule has 4 fully saturated rings. The molecule has 21 heteroatoms. The molecule has 8 heterocycles. The van der Waals surface area contributed by atoms with Crippen molar-refractivity contribution in [2.24, 2.45) is 11.8 Å². The monoisotopic (exact) mass is 1090 g/mol. The molecule has 14 rings (SSSR count). The van der Waals surface area contributed by atoms with E-state index in [2.05, 4.69) is 25.9 Å². The van der Waals surface area contributed by atoms with Crippen LogP contribution in [-0.4, -0.2) is 134 Å². The Morgan fingerprint density at radius 3 is 1.59 bits per heavy atom. The normalized spacial score (nSPS) is 18.3. The van der Waals surface area contributed by atoms with E-state index in [-0.39, 0.29) is 23.1 Å². The summed E-state index contributed by atoms with van der Waals surface area (Å²) >= 11 is 5.04. The molecule has 408 valence electrons. The molecule has 0 radical (unpaired) electrons. The Kier molecular flexibility index (Phi) is 15.0. The lowest BCUT2D eigenvalue weighted by Gasteiger charge is -2.33. The number of carbonyl (C=O) groups is 2. The summed E-state index contributed by atoms with van der Waals surface area (Å²) in [5.41, 5.74) is 5.20. The molecule has 2 saturated carbocycles. The molecule has 2 saturated heterocycles. The number of carbonyl (C=O) groups excluding carboxylic acids is 2. The summed E-state index contributed by atoms with van der Waals surface area (Å²) in [6.45, 7) is 5.60. The van der Waals surface area contributed by atoms with Crippen molar-refractivity contribution >= 4 is 56.7 Å². The largest absolute Gasteiger partial charge is 0.497 e. The average Bonchev–Trinajstić information content (AvgIpc) is 4.47. The Morgan fingerprint density at radius 1 is 0.595 bits per heavy atom. The number of piperidine rings is 2. The zero-order valence-electron chi connectivity index (χ0n) is 44.0. The summed E-state index contributed by atoms with van der Waals surface area (Å²) in [5, 5.41) is 10.2. The molecule has 3 N–H and O–H groups in total. The van der Waals surface area contributed by atoms with E-state index in [1.807, 2.05) is 99.0 Å². The lowest BCUT2D eigenvalue weighted by molar-refractivity contribution is -0.133. The van der Waals surface area contributed by atoms with Gasteiger partial charge in [-0.05, 0) is 142 Å². The maximum Gasteiger partial charge on any atom is 0.225 e. The first-order valence-corrected chi connectivity index (χ1v) is 27.4. The number of hydrogen-bond donors (Lipinski definition) is 3. The number of rotatable bonds is 12. The number of hydrogen-bond acceptors (Lipinski definition) is 17. The van der Waals surface area contributed by atoms with Gasteiger partial charge in [0.05, 0.1) is 36.3 Å². The molecule has 0 bridgehead atoms. The third-order valence-electron chi connectivity index (χ3n) is 14.6. The van der Waals surface area contributed by atoms with Crippen LogP contribution in [0.4, 0.5) is 11.9 Å². The predicted molar refractivity (Wildman–Crippen MR) is 298 cm³/mol. The van der Waals surface area contributed by atoms with Crippen molar-refractivity contribution < 1.29 is 38.0 Å². The number of nitrogens with zero attached hydrogens (tertiary/aromatic N) is 9.